The van der Waals surface area contributed by atoms with Crippen molar-refractivity contribution in [2.24, 2.45) is 23.7 Å². The van der Waals surface area contributed by atoms with E-state index in [1.807, 2.05) is 26.0 Å². The van der Waals surface area contributed by atoms with Gasteiger partial charge < -0.3 is 10.4 Å². The summed E-state index contributed by atoms with van der Waals surface area (Å²) in [6, 6.07) is 4.80. The van der Waals surface area contributed by atoms with Crippen molar-refractivity contribution in [1.29, 1.82) is 0 Å². The van der Waals surface area contributed by atoms with Gasteiger partial charge in [-0.25, -0.2) is 0 Å². The van der Waals surface area contributed by atoms with Gasteiger partial charge in [-0.2, -0.15) is 0 Å². The van der Waals surface area contributed by atoms with Crippen molar-refractivity contribution >= 4 is 40.8 Å². The van der Waals surface area contributed by atoms with Crippen LogP contribution < -0.4 is 5.32 Å². The van der Waals surface area contributed by atoms with Gasteiger partial charge in [-0.15, -0.1) is 0 Å². The van der Waals surface area contributed by atoms with Crippen LogP contribution in [0.2, 0.25) is 10.0 Å². The predicted molar refractivity (Wildman–Crippen MR) is 94.2 cm³/mol. The van der Waals surface area contributed by atoms with Crippen molar-refractivity contribution in [2.45, 2.75) is 13.8 Å². The van der Waals surface area contributed by atoms with Gasteiger partial charge in [0.25, 0.3) is 0 Å². The molecule has 126 valence electrons. The van der Waals surface area contributed by atoms with Crippen LogP contribution in [0.5, 0.6) is 0 Å². The first-order valence-corrected chi connectivity index (χ1v) is 8.41. The van der Waals surface area contributed by atoms with Crippen molar-refractivity contribution in [3.8, 4) is 0 Å². The van der Waals surface area contributed by atoms with Gasteiger partial charge in [-0.1, -0.05) is 46.5 Å². The van der Waals surface area contributed by atoms with Crippen LogP contribution in [0, 0.1) is 23.7 Å². The van der Waals surface area contributed by atoms with Gasteiger partial charge in [0.1, 0.15) is 0 Å². The lowest BCUT2D eigenvalue weighted by Crippen LogP contribution is -2.36. The zero-order valence-corrected chi connectivity index (χ0v) is 14.7. The Balaban J connectivity index is 1.91. The van der Waals surface area contributed by atoms with Gasteiger partial charge in [0.05, 0.1) is 21.9 Å². The third kappa shape index (κ3) is 2.74. The Morgan fingerprint density at radius 1 is 1.04 bits per heavy atom. The standard InChI is InChI=1S/C18H17Cl2NO3/c1-8(2)14-10-4-5-11(14)16(18(23)24)15(10)17(22)21-9-3-6-12(19)13(20)7-9/h3-7,10-11,15-16H,1-2H3,(H,21,22)(H,23,24). The Kier molecular flexibility index (Phi) is 4.45. The van der Waals surface area contributed by atoms with Gasteiger partial charge >= 0.3 is 5.97 Å². The molecule has 6 heteroatoms. The lowest BCUT2D eigenvalue weighted by Gasteiger charge is -2.23. The molecule has 1 saturated carbocycles. The van der Waals surface area contributed by atoms with E-state index in [-0.39, 0.29) is 17.7 Å². The Labute approximate surface area is 150 Å². The smallest absolute Gasteiger partial charge is 0.308 e. The topological polar surface area (TPSA) is 66.4 Å². The molecule has 0 heterocycles. The third-order valence-corrected chi connectivity index (χ3v) is 5.50. The highest BCUT2D eigenvalue weighted by atomic mass is 35.5. The maximum Gasteiger partial charge on any atom is 0.308 e. The molecule has 0 aromatic heterocycles. The fourth-order valence-corrected chi connectivity index (χ4v) is 4.14. The average Bonchev–Trinajstić information content (AvgIpc) is 3.06. The molecule has 2 aliphatic carbocycles. The Bertz CT molecular complexity index is 780. The van der Waals surface area contributed by atoms with Crippen LogP contribution >= 0.6 is 23.2 Å². The first-order chi connectivity index (χ1) is 11.3. The Hall–Kier alpha value is -1.78. The summed E-state index contributed by atoms with van der Waals surface area (Å²) < 4.78 is 0. The first-order valence-electron chi connectivity index (χ1n) is 7.65. The monoisotopic (exact) mass is 365 g/mol. The molecule has 0 aliphatic heterocycles. The maximum absolute atomic E-state index is 12.8. The van der Waals surface area contributed by atoms with Gasteiger partial charge in [-0.05, 0) is 32.0 Å². The number of carbonyl (C=O) groups excluding carboxylic acids is 1. The minimum absolute atomic E-state index is 0.163. The molecule has 4 nitrogen and oxygen atoms in total. The molecule has 1 fully saturated rings. The number of carbonyl (C=O) groups is 2. The fraction of sp³-hybridized carbons (Fsp3) is 0.333. The lowest BCUT2D eigenvalue weighted by atomic mass is 9.82. The van der Waals surface area contributed by atoms with Crippen LogP contribution in [0.15, 0.2) is 41.5 Å². The van der Waals surface area contributed by atoms with E-state index in [1.165, 1.54) is 0 Å². The van der Waals surface area contributed by atoms with Crippen molar-refractivity contribution < 1.29 is 14.7 Å². The summed E-state index contributed by atoms with van der Waals surface area (Å²) >= 11 is 11.8. The minimum Gasteiger partial charge on any atom is -0.481 e. The minimum atomic E-state index is -0.945. The molecule has 3 rings (SSSR count). The van der Waals surface area contributed by atoms with Crippen LogP contribution in [0.1, 0.15) is 13.8 Å². The largest absolute Gasteiger partial charge is 0.481 e. The van der Waals surface area contributed by atoms with E-state index in [4.69, 9.17) is 23.2 Å². The van der Waals surface area contributed by atoms with Crippen molar-refractivity contribution in [3.05, 3.63) is 51.5 Å². The number of anilines is 1. The number of allylic oxidation sites excluding steroid dienone is 4. The van der Waals surface area contributed by atoms with Crippen LogP contribution in [-0.4, -0.2) is 17.0 Å². The second kappa shape index (κ2) is 6.26. The number of carboxylic acid groups (broad SMARTS) is 1. The molecule has 0 radical (unpaired) electrons. The van der Waals surface area contributed by atoms with E-state index in [2.05, 4.69) is 5.32 Å². The second-order valence-electron chi connectivity index (χ2n) is 6.40. The Morgan fingerprint density at radius 3 is 2.21 bits per heavy atom. The van der Waals surface area contributed by atoms with Crippen molar-refractivity contribution in [2.75, 3.05) is 5.32 Å². The van der Waals surface area contributed by atoms with E-state index in [1.54, 1.807) is 18.2 Å². The van der Waals surface area contributed by atoms with E-state index in [9.17, 15) is 14.7 Å². The molecule has 0 spiro atoms. The van der Waals surface area contributed by atoms with Gasteiger partial charge in [-0.3, -0.25) is 9.59 Å². The molecule has 24 heavy (non-hydrogen) atoms. The highest BCUT2D eigenvalue weighted by Gasteiger charge is 2.54. The molecular formula is C18H17Cl2NO3. The van der Waals surface area contributed by atoms with E-state index >= 15 is 0 Å². The summed E-state index contributed by atoms with van der Waals surface area (Å²) in [7, 11) is 0. The summed E-state index contributed by atoms with van der Waals surface area (Å²) in [4.78, 5) is 24.5. The predicted octanol–water partition coefficient (Wildman–Crippen LogP) is 4.40. The molecule has 0 saturated heterocycles. The number of aliphatic carboxylic acids is 1. The number of rotatable bonds is 3. The number of benzene rings is 1. The fourth-order valence-electron chi connectivity index (χ4n) is 3.84. The first kappa shape index (κ1) is 17.1. The van der Waals surface area contributed by atoms with Crippen molar-refractivity contribution in [3.63, 3.8) is 0 Å². The Morgan fingerprint density at radius 2 is 1.67 bits per heavy atom. The van der Waals surface area contributed by atoms with Crippen LogP contribution in [0.25, 0.3) is 0 Å². The number of halogens is 2. The number of amides is 1. The SMILES string of the molecule is CC(C)=C1C2C=CC1C(C(=O)Nc1ccc(Cl)c(Cl)c1)C2C(=O)O. The van der Waals surface area contributed by atoms with Gasteiger partial charge in [0, 0.05) is 17.5 Å². The average molecular weight is 366 g/mol. The summed E-state index contributed by atoms with van der Waals surface area (Å²) in [6.45, 7) is 3.92. The highest BCUT2D eigenvalue weighted by molar-refractivity contribution is 6.42. The molecule has 1 aromatic carbocycles. The number of hydrogen-bond acceptors (Lipinski definition) is 2. The van der Waals surface area contributed by atoms with Crippen LogP contribution in [0.3, 0.4) is 0 Å². The molecule has 2 N–H and O–H groups in total. The molecule has 1 amide bonds. The number of fused-ring (bicyclic) bond motifs is 2. The van der Waals surface area contributed by atoms with E-state index < -0.39 is 17.8 Å². The summed E-state index contributed by atoms with van der Waals surface area (Å²) in [5.74, 6) is -2.99. The summed E-state index contributed by atoms with van der Waals surface area (Å²) in [5.41, 5.74) is 2.63. The van der Waals surface area contributed by atoms with Crippen molar-refractivity contribution in [1.82, 2.24) is 0 Å². The molecule has 1 aromatic rings. The van der Waals surface area contributed by atoms with Gasteiger partial charge in [0.15, 0.2) is 0 Å². The summed E-state index contributed by atoms with van der Waals surface area (Å²) in [6.07, 6.45) is 3.86. The molecule has 2 bridgehead atoms. The summed E-state index contributed by atoms with van der Waals surface area (Å²) in [5, 5.41) is 13.1. The molecular weight excluding hydrogens is 349 g/mol. The zero-order valence-electron chi connectivity index (χ0n) is 13.2. The van der Waals surface area contributed by atoms with Crippen LogP contribution in [-0.2, 0) is 9.59 Å². The quantitative estimate of drug-likeness (QED) is 0.780. The highest BCUT2D eigenvalue weighted by Crippen LogP contribution is 2.53. The maximum atomic E-state index is 12.8. The van der Waals surface area contributed by atoms with E-state index in [0.29, 0.717) is 15.7 Å². The van der Waals surface area contributed by atoms with Gasteiger partial charge in [0.2, 0.25) is 5.91 Å². The lowest BCUT2D eigenvalue weighted by molar-refractivity contribution is -0.146. The molecule has 2 aliphatic rings. The number of carboxylic acids is 1. The van der Waals surface area contributed by atoms with Crippen LogP contribution in [0.4, 0.5) is 5.69 Å². The number of nitrogens with one attached hydrogen (secondary N) is 1. The zero-order chi connectivity index (χ0) is 17.6. The third-order valence-electron chi connectivity index (χ3n) is 4.76. The second-order valence-corrected chi connectivity index (χ2v) is 7.21. The van der Waals surface area contributed by atoms with E-state index in [0.717, 1.165) is 11.1 Å². The molecule has 4 atom stereocenters. The molecule has 4 unspecified atom stereocenters. The normalized spacial score (nSPS) is 27.4. The number of hydrogen-bond donors (Lipinski definition) is 2.